The van der Waals surface area contributed by atoms with Gasteiger partial charge in [0.2, 0.25) is 0 Å². The number of para-hydroxylation sites is 1. The summed E-state index contributed by atoms with van der Waals surface area (Å²) in [7, 11) is 0. The van der Waals surface area contributed by atoms with Crippen LogP contribution in [0.5, 0.6) is 0 Å². The van der Waals surface area contributed by atoms with E-state index in [0.29, 0.717) is 17.5 Å². The molecule has 0 unspecified atom stereocenters. The first-order chi connectivity index (χ1) is 23.3. The van der Waals surface area contributed by atoms with Gasteiger partial charge < -0.3 is 4.42 Å². The third-order valence-electron chi connectivity index (χ3n) is 9.32. The van der Waals surface area contributed by atoms with Crippen LogP contribution in [0.1, 0.15) is 0 Å². The summed E-state index contributed by atoms with van der Waals surface area (Å²) in [5.41, 5.74) is 11.7. The van der Waals surface area contributed by atoms with Gasteiger partial charge in [-0.2, -0.15) is 0 Å². The fourth-order valence-corrected chi connectivity index (χ4v) is 7.25. The molecule has 0 fully saturated rings. The Morgan fingerprint density at radius 3 is 1.57 bits per heavy atom. The Hall–Kier alpha value is -6.39. The Balaban J connectivity index is 1.23. The topological polar surface area (TPSA) is 51.8 Å². The molecule has 0 saturated carbocycles. The molecule has 0 saturated heterocycles. The summed E-state index contributed by atoms with van der Waals surface area (Å²) in [6, 6.07) is 52.5. The van der Waals surface area contributed by atoms with E-state index in [1.165, 1.54) is 27.6 Å². The van der Waals surface area contributed by atoms with E-state index in [4.69, 9.17) is 19.4 Å². The predicted octanol–water partition coefficient (Wildman–Crippen LogP) is 11.2. The second kappa shape index (κ2) is 10.1. The Morgan fingerprint density at radius 1 is 0.298 bits per heavy atom. The summed E-state index contributed by atoms with van der Waals surface area (Å²) in [6.07, 6.45) is 0. The Labute approximate surface area is 270 Å². The van der Waals surface area contributed by atoms with Crippen LogP contribution in [0.2, 0.25) is 0 Å². The number of fused-ring (bicyclic) bond motifs is 6. The largest absolute Gasteiger partial charge is 0.456 e. The molecule has 0 N–H and O–H groups in total. The van der Waals surface area contributed by atoms with E-state index in [-0.39, 0.29) is 0 Å². The lowest BCUT2D eigenvalue weighted by molar-refractivity contribution is 0.669. The quantitative estimate of drug-likeness (QED) is 0.202. The van der Waals surface area contributed by atoms with Crippen LogP contribution in [0.3, 0.4) is 0 Å². The van der Waals surface area contributed by atoms with Crippen molar-refractivity contribution in [2.45, 2.75) is 0 Å². The maximum Gasteiger partial charge on any atom is 0.164 e. The van der Waals surface area contributed by atoms with Gasteiger partial charge in [0.25, 0.3) is 0 Å². The minimum Gasteiger partial charge on any atom is -0.456 e. The van der Waals surface area contributed by atoms with Crippen molar-refractivity contribution < 1.29 is 4.42 Å². The van der Waals surface area contributed by atoms with Crippen LogP contribution < -0.4 is 0 Å². The van der Waals surface area contributed by atoms with Gasteiger partial charge in [-0.3, -0.25) is 0 Å². The van der Waals surface area contributed by atoms with E-state index >= 15 is 0 Å². The van der Waals surface area contributed by atoms with Crippen molar-refractivity contribution in [1.29, 1.82) is 0 Å². The average Bonchev–Trinajstić information content (AvgIpc) is 3.69. The third-order valence-corrected chi connectivity index (χ3v) is 9.32. The third kappa shape index (κ3) is 3.92. The molecule has 0 atom stereocenters. The first-order valence-electron chi connectivity index (χ1n) is 15.8. The van der Waals surface area contributed by atoms with Gasteiger partial charge in [-0.05, 0) is 62.4 Å². The zero-order valence-corrected chi connectivity index (χ0v) is 25.2. The van der Waals surface area contributed by atoms with Crippen LogP contribution in [-0.4, -0.2) is 15.0 Å². The lowest BCUT2D eigenvalue weighted by Crippen LogP contribution is -2.01. The molecule has 0 amide bonds. The van der Waals surface area contributed by atoms with Crippen molar-refractivity contribution >= 4 is 32.7 Å². The average molecular weight is 600 g/mol. The maximum atomic E-state index is 6.26. The monoisotopic (exact) mass is 599 g/mol. The Kier molecular flexibility index (Phi) is 5.54. The molecule has 4 heteroatoms. The first-order valence-corrected chi connectivity index (χ1v) is 15.8. The SMILES string of the molecule is c1ccc(-c2nc(-c3ccccc3-c3cccc4oc5ccccc5c34)nc(-c3ccc4c5c(cccc35)-c3ccccc3-4)n2)cc1. The van der Waals surface area contributed by atoms with Gasteiger partial charge in [0, 0.05) is 27.5 Å². The summed E-state index contributed by atoms with van der Waals surface area (Å²) >= 11 is 0. The number of rotatable bonds is 4. The molecule has 0 radical (unpaired) electrons. The fourth-order valence-electron chi connectivity index (χ4n) is 7.25. The summed E-state index contributed by atoms with van der Waals surface area (Å²) in [5, 5.41) is 4.55. The minimum absolute atomic E-state index is 0.626. The fraction of sp³-hybridized carbons (Fsp3) is 0. The van der Waals surface area contributed by atoms with E-state index in [1.54, 1.807) is 0 Å². The first kappa shape index (κ1) is 25.9. The second-order valence-electron chi connectivity index (χ2n) is 11.9. The van der Waals surface area contributed by atoms with Crippen LogP contribution in [0.4, 0.5) is 0 Å². The molecule has 218 valence electrons. The van der Waals surface area contributed by atoms with Crippen molar-refractivity contribution in [2.24, 2.45) is 0 Å². The zero-order valence-electron chi connectivity index (χ0n) is 25.2. The van der Waals surface area contributed by atoms with Gasteiger partial charge in [0.05, 0.1) is 0 Å². The van der Waals surface area contributed by atoms with E-state index in [9.17, 15) is 0 Å². The highest BCUT2D eigenvalue weighted by molar-refractivity contribution is 6.18. The number of furan rings is 1. The van der Waals surface area contributed by atoms with Crippen molar-refractivity contribution in [3.63, 3.8) is 0 Å². The molecule has 1 aliphatic carbocycles. The number of nitrogens with zero attached hydrogens (tertiary/aromatic N) is 3. The molecular weight excluding hydrogens is 574 g/mol. The zero-order chi connectivity index (χ0) is 30.9. The summed E-state index contributed by atoms with van der Waals surface area (Å²) in [4.78, 5) is 15.5. The maximum absolute atomic E-state index is 6.26. The van der Waals surface area contributed by atoms with E-state index in [0.717, 1.165) is 55.1 Å². The smallest absolute Gasteiger partial charge is 0.164 e. The number of aromatic nitrogens is 3. The van der Waals surface area contributed by atoms with Gasteiger partial charge in [-0.15, -0.1) is 0 Å². The van der Waals surface area contributed by atoms with Gasteiger partial charge >= 0.3 is 0 Å². The van der Waals surface area contributed by atoms with Crippen molar-refractivity contribution in [1.82, 2.24) is 15.0 Å². The highest BCUT2D eigenvalue weighted by atomic mass is 16.3. The number of benzene rings is 7. The van der Waals surface area contributed by atoms with Gasteiger partial charge in [-0.25, -0.2) is 15.0 Å². The standard InChI is InChI=1S/C43H25N3O/c1-2-12-26(13-3-1)41-44-42(34-17-7-6-16-29(34)31-21-11-23-38-40(31)36-18-8-9-22-37(36)47-38)46-43(45-41)35-25-24-33-28-15-5-4-14-27(28)30-19-10-20-32(35)39(30)33/h1-25H. The summed E-state index contributed by atoms with van der Waals surface area (Å²) in [5.74, 6) is 1.91. The molecular formula is C43H25N3O. The molecule has 7 aromatic carbocycles. The Morgan fingerprint density at radius 2 is 0.787 bits per heavy atom. The molecule has 10 rings (SSSR count). The normalized spacial score (nSPS) is 11.8. The molecule has 4 nitrogen and oxygen atoms in total. The molecule has 2 heterocycles. The minimum atomic E-state index is 0.626. The van der Waals surface area contributed by atoms with Gasteiger partial charge in [0.15, 0.2) is 17.5 Å². The van der Waals surface area contributed by atoms with Crippen LogP contribution in [-0.2, 0) is 0 Å². The lowest BCUT2D eigenvalue weighted by Gasteiger charge is -2.14. The molecule has 0 bridgehead atoms. The number of hydrogen-bond acceptors (Lipinski definition) is 4. The van der Waals surface area contributed by atoms with Gasteiger partial charge in [0.1, 0.15) is 11.2 Å². The molecule has 0 aliphatic heterocycles. The molecule has 9 aromatic rings. The molecule has 1 aliphatic rings. The molecule has 2 aromatic heterocycles. The van der Waals surface area contributed by atoms with Crippen LogP contribution >= 0.6 is 0 Å². The van der Waals surface area contributed by atoms with Crippen molar-refractivity contribution in [2.75, 3.05) is 0 Å². The second-order valence-corrected chi connectivity index (χ2v) is 11.9. The van der Waals surface area contributed by atoms with Crippen LogP contribution in [0, 0.1) is 0 Å². The van der Waals surface area contributed by atoms with E-state index in [1.807, 2.05) is 42.5 Å². The highest BCUT2D eigenvalue weighted by Gasteiger charge is 2.24. The van der Waals surface area contributed by atoms with Gasteiger partial charge in [-0.1, -0.05) is 133 Å². The predicted molar refractivity (Wildman–Crippen MR) is 191 cm³/mol. The van der Waals surface area contributed by atoms with E-state index in [2.05, 4.69) is 109 Å². The van der Waals surface area contributed by atoms with Crippen molar-refractivity contribution in [3.05, 3.63) is 152 Å². The summed E-state index contributed by atoms with van der Waals surface area (Å²) < 4.78 is 6.26. The van der Waals surface area contributed by atoms with Crippen LogP contribution in [0.25, 0.3) is 100 Å². The highest BCUT2D eigenvalue weighted by Crippen LogP contribution is 2.49. The van der Waals surface area contributed by atoms with E-state index < -0.39 is 0 Å². The van der Waals surface area contributed by atoms with Crippen LogP contribution in [0.15, 0.2) is 156 Å². The molecule has 47 heavy (non-hydrogen) atoms. The lowest BCUT2D eigenvalue weighted by atomic mass is 9.95. The summed E-state index contributed by atoms with van der Waals surface area (Å²) in [6.45, 7) is 0. The Bertz CT molecular complexity index is 2660. The molecule has 0 spiro atoms. The van der Waals surface area contributed by atoms with Crippen molar-refractivity contribution in [3.8, 4) is 67.5 Å². The number of hydrogen-bond donors (Lipinski definition) is 0.